The molecule has 0 spiro atoms. The van der Waals surface area contributed by atoms with Crippen LogP contribution in [-0.2, 0) is 9.59 Å². The van der Waals surface area contributed by atoms with Crippen LogP contribution in [-0.4, -0.2) is 25.5 Å². The standard InChI is InChI=1S/C20H19BrN2O3/c1-26-18-10-5-15(21)13-14(18)4-11-19(24)22-16-6-8-17(9-7-16)23-12-2-3-20(23)25/h4-11,13H,2-3,12H2,1H3,(H,22,24)/b11-4+. The quantitative estimate of drug-likeness (QED) is 0.744. The van der Waals surface area contributed by atoms with Crippen LogP contribution in [0.25, 0.3) is 6.08 Å². The van der Waals surface area contributed by atoms with Crippen molar-refractivity contribution in [2.45, 2.75) is 12.8 Å². The molecule has 1 aliphatic rings. The average molecular weight is 415 g/mol. The van der Waals surface area contributed by atoms with Crippen molar-refractivity contribution >= 4 is 45.2 Å². The number of nitrogens with one attached hydrogen (secondary N) is 1. The molecule has 1 aliphatic heterocycles. The molecule has 0 aliphatic carbocycles. The number of benzene rings is 2. The Hall–Kier alpha value is -2.60. The summed E-state index contributed by atoms with van der Waals surface area (Å²) >= 11 is 3.41. The number of anilines is 2. The lowest BCUT2D eigenvalue weighted by atomic mass is 10.2. The number of carbonyl (C=O) groups is 2. The largest absolute Gasteiger partial charge is 0.496 e. The maximum absolute atomic E-state index is 12.1. The zero-order valence-corrected chi connectivity index (χ0v) is 16.0. The minimum atomic E-state index is -0.239. The number of halogens is 1. The second kappa shape index (κ2) is 8.19. The summed E-state index contributed by atoms with van der Waals surface area (Å²) in [6, 6.07) is 12.9. The van der Waals surface area contributed by atoms with Gasteiger partial charge in [0.2, 0.25) is 11.8 Å². The Morgan fingerprint density at radius 2 is 2.00 bits per heavy atom. The Bertz CT molecular complexity index is 847. The zero-order chi connectivity index (χ0) is 18.5. The molecule has 6 heteroatoms. The number of carbonyl (C=O) groups excluding carboxylic acids is 2. The van der Waals surface area contributed by atoms with E-state index in [1.807, 2.05) is 30.3 Å². The number of rotatable bonds is 5. The molecule has 0 unspecified atom stereocenters. The molecule has 0 saturated carbocycles. The van der Waals surface area contributed by atoms with Crippen LogP contribution in [0.1, 0.15) is 18.4 Å². The van der Waals surface area contributed by atoms with E-state index in [4.69, 9.17) is 4.74 Å². The predicted molar refractivity (Wildman–Crippen MR) is 106 cm³/mol. The number of amides is 2. The van der Waals surface area contributed by atoms with E-state index in [9.17, 15) is 9.59 Å². The molecule has 5 nitrogen and oxygen atoms in total. The van der Waals surface area contributed by atoms with E-state index < -0.39 is 0 Å². The Labute approximate surface area is 160 Å². The first-order valence-corrected chi connectivity index (χ1v) is 9.09. The van der Waals surface area contributed by atoms with Crippen LogP contribution in [0.3, 0.4) is 0 Å². The molecule has 1 heterocycles. The number of methoxy groups -OCH3 is 1. The van der Waals surface area contributed by atoms with Gasteiger partial charge >= 0.3 is 0 Å². The summed E-state index contributed by atoms with van der Waals surface area (Å²) in [6.45, 7) is 0.752. The molecule has 1 saturated heterocycles. The molecule has 1 N–H and O–H groups in total. The minimum absolute atomic E-state index is 0.146. The average Bonchev–Trinajstić information content (AvgIpc) is 3.07. The van der Waals surface area contributed by atoms with Crippen LogP contribution in [0, 0.1) is 0 Å². The minimum Gasteiger partial charge on any atom is -0.496 e. The number of nitrogens with zero attached hydrogens (tertiary/aromatic N) is 1. The molecular formula is C20H19BrN2O3. The topological polar surface area (TPSA) is 58.6 Å². The molecule has 2 aromatic carbocycles. The first kappa shape index (κ1) is 18.2. The van der Waals surface area contributed by atoms with Gasteiger partial charge in [0.1, 0.15) is 5.75 Å². The van der Waals surface area contributed by atoms with Crippen molar-refractivity contribution in [3.63, 3.8) is 0 Å². The van der Waals surface area contributed by atoms with Gasteiger partial charge in [-0.05, 0) is 55.0 Å². The van der Waals surface area contributed by atoms with E-state index in [1.54, 1.807) is 30.2 Å². The molecule has 3 rings (SSSR count). The summed E-state index contributed by atoms with van der Waals surface area (Å²) in [4.78, 5) is 25.7. The second-order valence-corrected chi connectivity index (χ2v) is 6.82. The Morgan fingerprint density at radius 3 is 2.65 bits per heavy atom. The van der Waals surface area contributed by atoms with Gasteiger partial charge in [0.05, 0.1) is 7.11 Å². The lowest BCUT2D eigenvalue weighted by Gasteiger charge is -2.15. The van der Waals surface area contributed by atoms with Gasteiger partial charge in [0, 0.05) is 40.5 Å². The van der Waals surface area contributed by atoms with Crippen LogP contribution in [0.4, 0.5) is 11.4 Å². The van der Waals surface area contributed by atoms with E-state index in [-0.39, 0.29) is 11.8 Å². The van der Waals surface area contributed by atoms with Gasteiger partial charge in [-0.3, -0.25) is 9.59 Å². The first-order chi connectivity index (χ1) is 12.6. The fourth-order valence-electron chi connectivity index (χ4n) is 2.83. The number of ether oxygens (including phenoxy) is 1. The van der Waals surface area contributed by atoms with Gasteiger partial charge in [0.15, 0.2) is 0 Å². The van der Waals surface area contributed by atoms with Gasteiger partial charge < -0.3 is 15.0 Å². The maximum atomic E-state index is 12.1. The van der Waals surface area contributed by atoms with Crippen molar-refractivity contribution in [3.8, 4) is 5.75 Å². The Kier molecular flexibility index (Phi) is 5.73. The van der Waals surface area contributed by atoms with Gasteiger partial charge in [-0.25, -0.2) is 0 Å². The number of hydrogen-bond donors (Lipinski definition) is 1. The SMILES string of the molecule is COc1ccc(Br)cc1/C=C/C(=O)Nc1ccc(N2CCCC2=O)cc1. The third-order valence-corrected chi connectivity index (χ3v) is 4.62. The third-order valence-electron chi connectivity index (χ3n) is 4.13. The van der Waals surface area contributed by atoms with Crippen molar-refractivity contribution in [3.05, 3.63) is 58.6 Å². The predicted octanol–water partition coefficient (Wildman–Crippen LogP) is 4.24. The summed E-state index contributed by atoms with van der Waals surface area (Å²) in [5.41, 5.74) is 2.34. The summed E-state index contributed by atoms with van der Waals surface area (Å²) in [5, 5.41) is 2.81. The van der Waals surface area contributed by atoms with Crippen LogP contribution in [0.15, 0.2) is 53.0 Å². The second-order valence-electron chi connectivity index (χ2n) is 5.90. The van der Waals surface area contributed by atoms with E-state index in [0.717, 1.165) is 28.7 Å². The maximum Gasteiger partial charge on any atom is 0.248 e. The fraction of sp³-hybridized carbons (Fsp3) is 0.200. The highest BCUT2D eigenvalue weighted by Crippen LogP contribution is 2.25. The van der Waals surface area contributed by atoms with Crippen LogP contribution in [0.2, 0.25) is 0 Å². The summed E-state index contributed by atoms with van der Waals surface area (Å²) in [6.07, 6.45) is 4.65. The molecule has 134 valence electrons. The first-order valence-electron chi connectivity index (χ1n) is 8.30. The molecule has 2 amide bonds. The smallest absolute Gasteiger partial charge is 0.248 e. The van der Waals surface area contributed by atoms with E-state index in [2.05, 4.69) is 21.2 Å². The van der Waals surface area contributed by atoms with Gasteiger partial charge in [-0.1, -0.05) is 15.9 Å². The zero-order valence-electron chi connectivity index (χ0n) is 14.4. The molecule has 0 radical (unpaired) electrons. The highest BCUT2D eigenvalue weighted by atomic mass is 79.9. The van der Waals surface area contributed by atoms with E-state index in [0.29, 0.717) is 17.9 Å². The normalized spacial score (nSPS) is 14.1. The van der Waals surface area contributed by atoms with Crippen molar-refractivity contribution < 1.29 is 14.3 Å². The summed E-state index contributed by atoms with van der Waals surface area (Å²) in [7, 11) is 1.59. The lowest BCUT2D eigenvalue weighted by molar-refractivity contribution is -0.117. The Morgan fingerprint density at radius 1 is 1.23 bits per heavy atom. The van der Waals surface area contributed by atoms with Crippen LogP contribution < -0.4 is 15.0 Å². The molecule has 2 aromatic rings. The van der Waals surface area contributed by atoms with Crippen molar-refractivity contribution in [2.75, 3.05) is 23.9 Å². The summed E-state index contributed by atoms with van der Waals surface area (Å²) in [5.74, 6) is 0.599. The van der Waals surface area contributed by atoms with Gasteiger partial charge in [-0.15, -0.1) is 0 Å². The molecule has 26 heavy (non-hydrogen) atoms. The highest BCUT2D eigenvalue weighted by Gasteiger charge is 2.21. The molecular weight excluding hydrogens is 396 g/mol. The lowest BCUT2D eigenvalue weighted by Crippen LogP contribution is -2.23. The van der Waals surface area contributed by atoms with Crippen molar-refractivity contribution in [1.29, 1.82) is 0 Å². The van der Waals surface area contributed by atoms with Crippen molar-refractivity contribution in [2.24, 2.45) is 0 Å². The highest BCUT2D eigenvalue weighted by molar-refractivity contribution is 9.10. The van der Waals surface area contributed by atoms with Crippen LogP contribution in [0.5, 0.6) is 5.75 Å². The van der Waals surface area contributed by atoms with E-state index >= 15 is 0 Å². The Balaban J connectivity index is 1.65. The van der Waals surface area contributed by atoms with E-state index in [1.165, 1.54) is 6.08 Å². The monoisotopic (exact) mass is 414 g/mol. The molecule has 0 aromatic heterocycles. The fourth-order valence-corrected chi connectivity index (χ4v) is 3.21. The molecule has 0 bridgehead atoms. The third kappa shape index (κ3) is 4.32. The van der Waals surface area contributed by atoms with Crippen molar-refractivity contribution in [1.82, 2.24) is 0 Å². The summed E-state index contributed by atoms with van der Waals surface area (Å²) < 4.78 is 6.19. The van der Waals surface area contributed by atoms with Gasteiger partial charge in [-0.2, -0.15) is 0 Å². The molecule has 1 fully saturated rings. The van der Waals surface area contributed by atoms with Crippen LogP contribution >= 0.6 is 15.9 Å². The van der Waals surface area contributed by atoms with Gasteiger partial charge in [0.25, 0.3) is 0 Å². The number of hydrogen-bond acceptors (Lipinski definition) is 3. The molecule has 0 atom stereocenters.